The summed E-state index contributed by atoms with van der Waals surface area (Å²) in [6.45, 7) is 6.37. The van der Waals surface area contributed by atoms with Gasteiger partial charge >= 0.3 is 6.18 Å². The number of carbonyl (C=O) groups excluding carboxylic acids is 1. The number of methoxy groups -OCH3 is 1. The number of carbonyl (C=O) groups is 1. The van der Waals surface area contributed by atoms with Crippen molar-refractivity contribution in [3.63, 3.8) is 0 Å². The maximum absolute atomic E-state index is 14.0. The molecule has 4 aliphatic rings. The first-order valence-corrected chi connectivity index (χ1v) is 16.9. The highest BCUT2D eigenvalue weighted by atomic mass is 19.4. The highest BCUT2D eigenvalue weighted by Crippen LogP contribution is 2.65. The molecular weight excluding hydrogens is 617 g/mol. The van der Waals surface area contributed by atoms with Gasteiger partial charge < -0.3 is 19.5 Å². The van der Waals surface area contributed by atoms with Crippen molar-refractivity contribution in [2.75, 3.05) is 26.7 Å². The smallest absolute Gasteiger partial charge is 0.416 e. The molecule has 0 radical (unpaired) electrons. The molecule has 1 spiro atoms. The van der Waals surface area contributed by atoms with Gasteiger partial charge in [-0.05, 0) is 80.3 Å². The third kappa shape index (κ3) is 5.48. The lowest BCUT2D eigenvalue weighted by molar-refractivity contribution is -0.138. The molecule has 48 heavy (non-hydrogen) atoms. The Hall–Kier alpha value is -4.16. The minimum atomic E-state index is -4.44. The summed E-state index contributed by atoms with van der Waals surface area (Å²) in [5.74, 6) is 7.02. The molecule has 252 valence electrons. The van der Waals surface area contributed by atoms with Crippen molar-refractivity contribution in [2.45, 2.75) is 75.7 Å². The predicted molar refractivity (Wildman–Crippen MR) is 176 cm³/mol. The van der Waals surface area contributed by atoms with Crippen LogP contribution in [0, 0.1) is 23.7 Å². The fourth-order valence-corrected chi connectivity index (χ4v) is 9.02. The van der Waals surface area contributed by atoms with Crippen LogP contribution in [0.4, 0.5) is 13.2 Å². The van der Waals surface area contributed by atoms with Gasteiger partial charge in [0.05, 0.1) is 18.7 Å². The molecule has 7 rings (SSSR count). The second-order valence-corrected chi connectivity index (χ2v) is 14.1. The molecule has 6 nitrogen and oxygen atoms in total. The normalized spacial score (nSPS) is 25.5. The first-order chi connectivity index (χ1) is 23.0. The molecule has 2 aliphatic carbocycles. The standard InChI is InChI=1S/C39H41F3N2O4/c1-24(2)23-44(34(46)16-11-26-9-12-27(13-10-26)39(40,41)42)30-15-14-29-31-21-28-32(45)22-33(47-3)36-35(28)38(29,37(30)48-36)18-20-43(31)19-17-25-7-5-4-6-8-25/h4-10,12-13,22,24,29-31,37,45H,14-15,17-21,23H2,1-3H3/t29-,30-,31+,37-,38-/m0/s1. The molecule has 1 amide bonds. The SMILES string of the molecule is COc1cc(O)c2c3c1O[C@H]1[C@@H](N(CC(C)C)C(=O)C#Cc4ccc(C(F)(F)F)cc4)CC[C@H]4[C@@H](C2)N(CCc2ccccc2)CC[C@@]341. The van der Waals surface area contributed by atoms with Crippen LogP contribution in [0.15, 0.2) is 60.7 Å². The fraction of sp³-hybridized carbons (Fsp3) is 0.462. The van der Waals surface area contributed by atoms with Crippen molar-refractivity contribution in [1.82, 2.24) is 9.80 Å². The predicted octanol–water partition coefficient (Wildman–Crippen LogP) is 6.61. The number of piperidine rings is 1. The van der Waals surface area contributed by atoms with Crippen LogP contribution in [0.2, 0.25) is 0 Å². The Labute approximate surface area is 279 Å². The van der Waals surface area contributed by atoms with Crippen LogP contribution in [0.3, 0.4) is 0 Å². The summed E-state index contributed by atoms with van der Waals surface area (Å²) < 4.78 is 52.0. The third-order valence-corrected chi connectivity index (χ3v) is 11.0. The maximum atomic E-state index is 14.0. The van der Waals surface area contributed by atoms with Gasteiger partial charge in [0, 0.05) is 53.2 Å². The van der Waals surface area contributed by atoms with Gasteiger partial charge in [-0.15, -0.1) is 0 Å². The van der Waals surface area contributed by atoms with Crippen molar-refractivity contribution in [2.24, 2.45) is 11.8 Å². The van der Waals surface area contributed by atoms with Crippen molar-refractivity contribution >= 4 is 5.91 Å². The summed E-state index contributed by atoms with van der Waals surface area (Å²) in [5, 5.41) is 11.4. The summed E-state index contributed by atoms with van der Waals surface area (Å²) >= 11 is 0. The monoisotopic (exact) mass is 658 g/mol. The highest BCUT2D eigenvalue weighted by Gasteiger charge is 2.67. The zero-order valence-corrected chi connectivity index (χ0v) is 27.5. The van der Waals surface area contributed by atoms with E-state index in [-0.39, 0.29) is 41.7 Å². The lowest BCUT2D eigenvalue weighted by Crippen LogP contribution is -2.69. The van der Waals surface area contributed by atoms with E-state index in [0.717, 1.165) is 68.5 Å². The number of hydrogen-bond donors (Lipinski definition) is 1. The van der Waals surface area contributed by atoms with E-state index in [4.69, 9.17) is 9.47 Å². The minimum Gasteiger partial charge on any atom is -0.508 e. The quantitative estimate of drug-likeness (QED) is 0.290. The Bertz CT molecular complexity index is 1750. The molecule has 2 aliphatic heterocycles. The molecule has 9 heteroatoms. The second kappa shape index (κ2) is 12.4. The van der Waals surface area contributed by atoms with Crippen LogP contribution in [-0.2, 0) is 29.2 Å². The van der Waals surface area contributed by atoms with Crippen LogP contribution in [0.25, 0.3) is 0 Å². The molecule has 1 saturated heterocycles. The lowest BCUT2D eigenvalue weighted by atomic mass is 9.50. The maximum Gasteiger partial charge on any atom is 0.416 e. The fourth-order valence-electron chi connectivity index (χ4n) is 9.02. The number of halogens is 3. The average molecular weight is 659 g/mol. The van der Waals surface area contributed by atoms with E-state index in [1.165, 1.54) is 17.7 Å². The Kier molecular flexibility index (Phi) is 8.35. The van der Waals surface area contributed by atoms with Crippen molar-refractivity contribution in [1.29, 1.82) is 0 Å². The molecule has 1 saturated carbocycles. The van der Waals surface area contributed by atoms with Crippen LogP contribution >= 0.6 is 0 Å². The van der Waals surface area contributed by atoms with E-state index in [9.17, 15) is 23.1 Å². The second-order valence-electron chi connectivity index (χ2n) is 14.1. The molecule has 2 heterocycles. The Morgan fingerprint density at radius 3 is 2.58 bits per heavy atom. The molecule has 0 aromatic heterocycles. The van der Waals surface area contributed by atoms with Crippen LogP contribution in [0.5, 0.6) is 17.2 Å². The Morgan fingerprint density at radius 2 is 1.90 bits per heavy atom. The van der Waals surface area contributed by atoms with Crippen LogP contribution in [0.1, 0.15) is 60.9 Å². The zero-order chi connectivity index (χ0) is 33.8. The first-order valence-electron chi connectivity index (χ1n) is 16.9. The van der Waals surface area contributed by atoms with Gasteiger partial charge in [0.15, 0.2) is 11.5 Å². The molecule has 5 atom stereocenters. The zero-order valence-electron chi connectivity index (χ0n) is 27.5. The number of likely N-dealkylation sites (tertiary alicyclic amines) is 1. The number of amides is 1. The van der Waals surface area contributed by atoms with Crippen LogP contribution in [-0.4, -0.2) is 65.7 Å². The summed E-state index contributed by atoms with van der Waals surface area (Å²) in [4.78, 5) is 18.4. The number of alkyl halides is 3. The molecule has 1 N–H and O–H groups in total. The number of phenolic OH excluding ortho intramolecular Hbond substituents is 1. The lowest BCUT2D eigenvalue weighted by Gasteiger charge is -2.60. The largest absolute Gasteiger partial charge is 0.508 e. The third-order valence-electron chi connectivity index (χ3n) is 11.0. The minimum absolute atomic E-state index is 0.147. The molecule has 2 bridgehead atoms. The van der Waals surface area contributed by atoms with E-state index in [1.807, 2.05) is 11.0 Å². The molecule has 2 fully saturated rings. The van der Waals surface area contributed by atoms with E-state index >= 15 is 0 Å². The molecule has 3 aromatic carbocycles. The number of nitrogens with zero attached hydrogens (tertiary/aromatic N) is 2. The van der Waals surface area contributed by atoms with Gasteiger partial charge in [0.25, 0.3) is 5.91 Å². The van der Waals surface area contributed by atoms with E-state index in [1.54, 1.807) is 13.2 Å². The van der Waals surface area contributed by atoms with Crippen molar-refractivity contribution in [3.05, 3.63) is 88.5 Å². The Morgan fingerprint density at radius 1 is 1.15 bits per heavy atom. The number of benzene rings is 3. The average Bonchev–Trinajstić information content (AvgIpc) is 3.41. The number of phenols is 1. The summed E-state index contributed by atoms with van der Waals surface area (Å²) in [6.07, 6.45) is -0.663. The van der Waals surface area contributed by atoms with Crippen molar-refractivity contribution in [3.8, 4) is 29.1 Å². The summed E-state index contributed by atoms with van der Waals surface area (Å²) in [5.41, 5.74) is 2.45. The van der Waals surface area contributed by atoms with Gasteiger partial charge in [0.1, 0.15) is 11.9 Å². The number of hydrogen-bond acceptors (Lipinski definition) is 5. The topological polar surface area (TPSA) is 62.2 Å². The molecular formula is C39H41F3N2O4. The van der Waals surface area contributed by atoms with Gasteiger partial charge in [-0.25, -0.2) is 0 Å². The van der Waals surface area contributed by atoms with E-state index < -0.39 is 17.2 Å². The number of ether oxygens (including phenoxy) is 2. The van der Waals surface area contributed by atoms with Gasteiger partial charge in [-0.1, -0.05) is 50.1 Å². The van der Waals surface area contributed by atoms with E-state index in [0.29, 0.717) is 23.6 Å². The summed E-state index contributed by atoms with van der Waals surface area (Å²) in [7, 11) is 1.58. The molecule has 0 unspecified atom stereocenters. The van der Waals surface area contributed by atoms with Gasteiger partial charge in [-0.2, -0.15) is 13.2 Å². The van der Waals surface area contributed by atoms with Crippen LogP contribution < -0.4 is 9.47 Å². The van der Waals surface area contributed by atoms with E-state index in [2.05, 4.69) is 54.9 Å². The summed E-state index contributed by atoms with van der Waals surface area (Å²) in [6, 6.07) is 16.7. The first kappa shape index (κ1) is 32.4. The number of aromatic hydroxyl groups is 1. The van der Waals surface area contributed by atoms with Crippen molar-refractivity contribution < 1.29 is 32.5 Å². The Balaban J connectivity index is 1.23. The number of rotatable bonds is 7. The van der Waals surface area contributed by atoms with Gasteiger partial charge in [-0.3, -0.25) is 9.69 Å². The molecule has 3 aromatic rings. The van der Waals surface area contributed by atoms with Gasteiger partial charge in [0.2, 0.25) is 0 Å². The highest BCUT2D eigenvalue weighted by molar-refractivity contribution is 5.94.